The summed E-state index contributed by atoms with van der Waals surface area (Å²) >= 11 is 20.6. The predicted molar refractivity (Wildman–Crippen MR) is 85.4 cm³/mol. The Labute approximate surface area is 136 Å². The Bertz CT molecular complexity index is 557. The van der Waals surface area contributed by atoms with Crippen molar-refractivity contribution in [2.24, 2.45) is 0 Å². The Morgan fingerprint density at radius 1 is 1.22 bits per heavy atom. The Morgan fingerprint density at radius 3 is 2.61 bits per heavy atom. The lowest BCUT2D eigenvalue weighted by molar-refractivity contribution is 0.307. The van der Waals surface area contributed by atoms with E-state index < -0.39 is 0 Å². The fraction of sp³-hybridized carbons (Fsp3) is 0.167. The second kappa shape index (κ2) is 6.62. The summed E-state index contributed by atoms with van der Waals surface area (Å²) in [6, 6.07) is 7.56. The lowest BCUT2D eigenvalue weighted by Gasteiger charge is -2.11. The van der Waals surface area contributed by atoms with Gasteiger partial charge in [-0.3, -0.25) is 0 Å². The van der Waals surface area contributed by atoms with E-state index in [4.69, 9.17) is 27.9 Å². The van der Waals surface area contributed by atoms with Crippen molar-refractivity contribution in [2.45, 2.75) is 11.9 Å². The highest BCUT2D eigenvalue weighted by Crippen LogP contribution is 2.34. The minimum absolute atomic E-state index is 0.498. The first kappa shape index (κ1) is 14.7. The van der Waals surface area contributed by atoms with Crippen LogP contribution in [-0.4, -0.2) is 0 Å². The average molecular weight is 431 g/mol. The molecule has 96 valence electrons. The molecule has 1 nitrogen and oxygen atoms in total. The summed E-state index contributed by atoms with van der Waals surface area (Å²) in [6.07, 6.45) is 0. The number of thiophene rings is 1. The quantitative estimate of drug-likeness (QED) is 0.518. The van der Waals surface area contributed by atoms with Gasteiger partial charge < -0.3 is 4.74 Å². The van der Waals surface area contributed by atoms with E-state index in [-0.39, 0.29) is 0 Å². The standard InChI is InChI=1S/C12H8Br2Cl2OS/c13-5-7-3-8(15)4-10(16)12(7)17-6-9-1-2-11(14)18-9/h1-4H,5-6H2. The maximum Gasteiger partial charge on any atom is 0.142 e. The Morgan fingerprint density at radius 2 is 2.00 bits per heavy atom. The minimum atomic E-state index is 0.498. The molecular weight excluding hydrogens is 423 g/mol. The van der Waals surface area contributed by atoms with Crippen LogP contribution < -0.4 is 4.74 Å². The van der Waals surface area contributed by atoms with E-state index in [0.29, 0.717) is 27.7 Å². The van der Waals surface area contributed by atoms with Crippen molar-refractivity contribution in [1.29, 1.82) is 0 Å². The van der Waals surface area contributed by atoms with Gasteiger partial charge in [0.15, 0.2) is 0 Å². The molecule has 0 bridgehead atoms. The Hall–Kier alpha value is 0.260. The zero-order valence-corrected chi connectivity index (χ0v) is 14.6. The first-order valence-corrected chi connectivity index (χ1v) is 8.49. The maximum absolute atomic E-state index is 6.15. The molecule has 0 saturated carbocycles. The lowest BCUT2D eigenvalue weighted by atomic mass is 10.2. The van der Waals surface area contributed by atoms with Gasteiger partial charge in [0.05, 0.1) is 8.81 Å². The van der Waals surface area contributed by atoms with Gasteiger partial charge in [0.2, 0.25) is 0 Å². The van der Waals surface area contributed by atoms with Crippen molar-refractivity contribution in [3.8, 4) is 5.75 Å². The second-order valence-corrected chi connectivity index (χ2v) is 7.46. The van der Waals surface area contributed by atoms with Crippen LogP contribution in [0.5, 0.6) is 5.75 Å². The number of hydrogen-bond donors (Lipinski definition) is 0. The molecule has 0 aliphatic heterocycles. The second-order valence-electron chi connectivity index (χ2n) is 3.50. The van der Waals surface area contributed by atoms with Crippen LogP contribution in [0.25, 0.3) is 0 Å². The number of hydrogen-bond acceptors (Lipinski definition) is 2. The zero-order chi connectivity index (χ0) is 13.1. The summed E-state index contributed by atoms with van der Waals surface area (Å²) in [5.41, 5.74) is 0.947. The predicted octanol–water partition coefficient (Wildman–Crippen LogP) is 6.29. The van der Waals surface area contributed by atoms with Crippen molar-refractivity contribution < 1.29 is 4.74 Å². The number of benzene rings is 1. The molecule has 0 radical (unpaired) electrons. The van der Waals surface area contributed by atoms with Crippen LogP contribution >= 0.6 is 66.4 Å². The molecule has 0 atom stereocenters. The van der Waals surface area contributed by atoms with E-state index in [1.165, 1.54) is 0 Å². The fourth-order valence-corrected chi connectivity index (χ4v) is 3.85. The van der Waals surface area contributed by atoms with Crippen LogP contribution in [0.2, 0.25) is 10.0 Å². The topological polar surface area (TPSA) is 9.23 Å². The van der Waals surface area contributed by atoms with E-state index >= 15 is 0 Å². The van der Waals surface area contributed by atoms with Crippen molar-refractivity contribution >= 4 is 66.4 Å². The first-order valence-electron chi connectivity index (χ1n) is 5.01. The van der Waals surface area contributed by atoms with Crippen LogP contribution in [0.3, 0.4) is 0 Å². The molecule has 0 saturated heterocycles. The molecule has 18 heavy (non-hydrogen) atoms. The van der Waals surface area contributed by atoms with Crippen molar-refractivity contribution in [3.63, 3.8) is 0 Å². The molecule has 2 rings (SSSR count). The minimum Gasteiger partial charge on any atom is -0.486 e. The summed E-state index contributed by atoms with van der Waals surface area (Å²) in [5.74, 6) is 0.683. The van der Waals surface area contributed by atoms with Crippen molar-refractivity contribution in [2.75, 3.05) is 0 Å². The van der Waals surface area contributed by atoms with E-state index in [0.717, 1.165) is 14.2 Å². The molecule has 1 aromatic heterocycles. The van der Waals surface area contributed by atoms with Crippen LogP contribution in [0, 0.1) is 0 Å². The molecule has 0 fully saturated rings. The van der Waals surface area contributed by atoms with Gasteiger partial charge in [0.25, 0.3) is 0 Å². The van der Waals surface area contributed by atoms with Gasteiger partial charge in [-0.25, -0.2) is 0 Å². The number of halogens is 4. The molecular formula is C12H8Br2Cl2OS. The number of alkyl halides is 1. The highest BCUT2D eigenvalue weighted by atomic mass is 79.9. The summed E-state index contributed by atoms with van der Waals surface area (Å²) in [5, 5.41) is 1.80. The zero-order valence-electron chi connectivity index (χ0n) is 9.05. The fourth-order valence-electron chi connectivity index (χ4n) is 1.45. The third-order valence-electron chi connectivity index (χ3n) is 2.22. The average Bonchev–Trinajstić information content (AvgIpc) is 2.73. The molecule has 0 aliphatic rings. The summed E-state index contributed by atoms with van der Waals surface area (Å²) < 4.78 is 6.87. The smallest absolute Gasteiger partial charge is 0.142 e. The van der Waals surface area contributed by atoms with Crippen LogP contribution in [0.15, 0.2) is 28.1 Å². The summed E-state index contributed by atoms with van der Waals surface area (Å²) in [7, 11) is 0. The van der Waals surface area contributed by atoms with Crippen molar-refractivity contribution in [1.82, 2.24) is 0 Å². The molecule has 2 aromatic rings. The van der Waals surface area contributed by atoms with Gasteiger partial charge in [0.1, 0.15) is 12.4 Å². The maximum atomic E-state index is 6.15. The van der Waals surface area contributed by atoms with E-state index in [1.54, 1.807) is 17.4 Å². The Kier molecular flexibility index (Phi) is 5.39. The molecule has 0 unspecified atom stereocenters. The van der Waals surface area contributed by atoms with Gasteiger partial charge in [-0.05, 0) is 40.2 Å². The molecule has 1 aromatic carbocycles. The summed E-state index contributed by atoms with van der Waals surface area (Å²) in [6.45, 7) is 0.498. The molecule has 1 heterocycles. The molecule has 0 aliphatic carbocycles. The monoisotopic (exact) mass is 428 g/mol. The third kappa shape index (κ3) is 3.64. The lowest BCUT2D eigenvalue weighted by Crippen LogP contribution is -1.97. The first-order chi connectivity index (χ1) is 8.60. The van der Waals surface area contributed by atoms with Crippen molar-refractivity contribution in [3.05, 3.63) is 48.5 Å². The van der Waals surface area contributed by atoms with Crippen LogP contribution in [0.4, 0.5) is 0 Å². The van der Waals surface area contributed by atoms with Gasteiger partial charge in [-0.2, -0.15) is 0 Å². The van der Waals surface area contributed by atoms with E-state index in [1.807, 2.05) is 18.2 Å². The van der Waals surface area contributed by atoms with E-state index in [2.05, 4.69) is 31.9 Å². The molecule has 0 spiro atoms. The SMILES string of the molecule is Clc1cc(Cl)c(OCc2ccc(Br)s2)c(CBr)c1. The van der Waals surface area contributed by atoms with Gasteiger partial charge in [-0.15, -0.1) is 11.3 Å². The van der Waals surface area contributed by atoms with Gasteiger partial charge in [0, 0.05) is 20.8 Å². The molecule has 0 amide bonds. The van der Waals surface area contributed by atoms with Gasteiger partial charge in [-0.1, -0.05) is 39.1 Å². The Balaban J connectivity index is 2.18. The number of rotatable bonds is 4. The van der Waals surface area contributed by atoms with Gasteiger partial charge >= 0.3 is 0 Å². The highest BCUT2D eigenvalue weighted by molar-refractivity contribution is 9.11. The molecule has 0 N–H and O–H groups in total. The molecule has 6 heteroatoms. The van der Waals surface area contributed by atoms with Crippen LogP contribution in [-0.2, 0) is 11.9 Å². The number of ether oxygens (including phenoxy) is 1. The van der Waals surface area contributed by atoms with E-state index in [9.17, 15) is 0 Å². The normalized spacial score (nSPS) is 10.7. The highest BCUT2D eigenvalue weighted by Gasteiger charge is 2.10. The largest absolute Gasteiger partial charge is 0.486 e. The van der Waals surface area contributed by atoms with Crippen LogP contribution in [0.1, 0.15) is 10.4 Å². The third-order valence-corrected chi connectivity index (χ3v) is 4.92. The summed E-state index contributed by atoms with van der Waals surface area (Å²) in [4.78, 5) is 1.13.